The van der Waals surface area contributed by atoms with Gasteiger partial charge in [-0.25, -0.2) is 0 Å². The summed E-state index contributed by atoms with van der Waals surface area (Å²) in [6.07, 6.45) is 0. The van der Waals surface area contributed by atoms with E-state index in [-0.39, 0.29) is 0 Å². The fourth-order valence-corrected chi connectivity index (χ4v) is 8.33. The molecule has 0 bridgehead atoms. The van der Waals surface area contributed by atoms with Crippen LogP contribution in [0.1, 0.15) is 0 Å². The van der Waals surface area contributed by atoms with Crippen LogP contribution in [-0.4, -0.2) is 4.57 Å². The molecule has 55 heavy (non-hydrogen) atoms. The number of para-hydroxylation sites is 4. The molecule has 0 aliphatic carbocycles. The number of hydrogen-bond acceptors (Lipinski definition) is 2. The number of aromatic nitrogens is 1. The first-order valence-electron chi connectivity index (χ1n) is 18.8. The van der Waals surface area contributed by atoms with Gasteiger partial charge < -0.3 is 13.9 Å². The second kappa shape index (κ2) is 12.6. The number of furan rings is 1. The zero-order valence-corrected chi connectivity index (χ0v) is 29.9. The van der Waals surface area contributed by atoms with Gasteiger partial charge in [-0.1, -0.05) is 133 Å². The molecule has 3 heteroatoms. The number of nitrogens with zero attached hydrogens (tertiary/aromatic N) is 2. The maximum Gasteiger partial charge on any atom is 0.159 e. The van der Waals surface area contributed by atoms with Crippen LogP contribution < -0.4 is 4.90 Å². The Morgan fingerprint density at radius 1 is 0.364 bits per heavy atom. The van der Waals surface area contributed by atoms with Gasteiger partial charge in [0.1, 0.15) is 5.58 Å². The van der Waals surface area contributed by atoms with Crippen molar-refractivity contribution in [2.45, 2.75) is 0 Å². The zero-order valence-electron chi connectivity index (χ0n) is 29.9. The standard InChI is InChI=1S/C52H34N2O/c1-3-12-35(13-4-1)36-24-28-42(29-25-36)53(50-20-11-18-46-45-17-8-10-21-51(45)55-52(46)50)43-30-26-38-32-37(22-23-39(38)33-43)40-27-31-49-47(34-40)44-16-7-9-19-48(44)54(49)41-14-5-2-6-15-41/h1-34H. The van der Waals surface area contributed by atoms with E-state index in [9.17, 15) is 0 Å². The third-order valence-electron chi connectivity index (χ3n) is 11.0. The van der Waals surface area contributed by atoms with E-state index in [4.69, 9.17) is 4.42 Å². The van der Waals surface area contributed by atoms with Crippen molar-refractivity contribution in [3.8, 4) is 27.9 Å². The summed E-state index contributed by atoms with van der Waals surface area (Å²) in [6.45, 7) is 0. The molecule has 0 unspecified atom stereocenters. The largest absolute Gasteiger partial charge is 0.454 e. The third kappa shape index (κ3) is 5.20. The van der Waals surface area contributed by atoms with E-state index in [0.29, 0.717) is 0 Å². The van der Waals surface area contributed by atoms with Gasteiger partial charge in [-0.05, 0) is 106 Å². The molecule has 11 aromatic rings. The molecule has 0 amide bonds. The van der Waals surface area contributed by atoms with Crippen molar-refractivity contribution < 1.29 is 4.42 Å². The minimum atomic E-state index is 0.871. The Balaban J connectivity index is 1.03. The van der Waals surface area contributed by atoms with Crippen LogP contribution in [0.5, 0.6) is 0 Å². The molecule has 0 radical (unpaired) electrons. The van der Waals surface area contributed by atoms with Crippen molar-refractivity contribution in [3.63, 3.8) is 0 Å². The smallest absolute Gasteiger partial charge is 0.159 e. The minimum absolute atomic E-state index is 0.871. The second-order valence-corrected chi connectivity index (χ2v) is 14.2. The SMILES string of the molecule is c1ccc(-c2ccc(N(c3ccc4cc(-c5ccc6c(c5)c5ccccc5n6-c5ccccc5)ccc4c3)c3cccc4c3oc3ccccc34)cc2)cc1. The van der Waals surface area contributed by atoms with Gasteiger partial charge in [0.15, 0.2) is 5.58 Å². The highest BCUT2D eigenvalue weighted by molar-refractivity contribution is 6.12. The third-order valence-corrected chi connectivity index (χ3v) is 11.0. The molecule has 0 saturated carbocycles. The Morgan fingerprint density at radius 2 is 0.964 bits per heavy atom. The number of rotatable bonds is 6. The summed E-state index contributed by atoms with van der Waals surface area (Å²) in [5.41, 5.74) is 13.2. The molecule has 0 aliphatic rings. The molecule has 2 heterocycles. The fraction of sp³-hybridized carbons (Fsp3) is 0. The van der Waals surface area contributed by atoms with Gasteiger partial charge in [0.2, 0.25) is 0 Å². The van der Waals surface area contributed by atoms with Gasteiger partial charge in [-0.2, -0.15) is 0 Å². The molecule has 9 aromatic carbocycles. The maximum atomic E-state index is 6.59. The Bertz CT molecular complexity index is 3190. The first kappa shape index (κ1) is 31.2. The summed E-state index contributed by atoms with van der Waals surface area (Å²) in [6, 6.07) is 73.9. The first-order valence-corrected chi connectivity index (χ1v) is 18.8. The van der Waals surface area contributed by atoms with Gasteiger partial charge in [0.05, 0.1) is 16.7 Å². The van der Waals surface area contributed by atoms with Crippen LogP contribution in [0.2, 0.25) is 0 Å². The molecule has 0 aliphatic heterocycles. The predicted octanol–water partition coefficient (Wildman–Crippen LogP) is 14.6. The number of fused-ring (bicyclic) bond motifs is 7. The van der Waals surface area contributed by atoms with E-state index in [1.165, 1.54) is 60.5 Å². The molecule has 0 spiro atoms. The highest BCUT2D eigenvalue weighted by atomic mass is 16.3. The summed E-state index contributed by atoms with van der Waals surface area (Å²) in [4.78, 5) is 2.32. The Hall–Kier alpha value is -7.36. The van der Waals surface area contributed by atoms with Crippen molar-refractivity contribution in [2.75, 3.05) is 4.90 Å². The lowest BCUT2D eigenvalue weighted by Gasteiger charge is -2.26. The average Bonchev–Trinajstić information content (AvgIpc) is 3.81. The van der Waals surface area contributed by atoms with Crippen LogP contribution in [-0.2, 0) is 0 Å². The highest BCUT2D eigenvalue weighted by Crippen LogP contribution is 2.43. The zero-order chi connectivity index (χ0) is 36.3. The Morgan fingerprint density at radius 3 is 1.82 bits per heavy atom. The lowest BCUT2D eigenvalue weighted by Crippen LogP contribution is -2.10. The summed E-state index contributed by atoms with van der Waals surface area (Å²) in [5, 5.41) is 7.09. The Kier molecular flexibility index (Phi) is 7.17. The lowest BCUT2D eigenvalue weighted by molar-refractivity contribution is 0.669. The molecule has 11 rings (SSSR count). The van der Waals surface area contributed by atoms with Gasteiger partial charge in [0, 0.05) is 38.6 Å². The minimum Gasteiger partial charge on any atom is -0.454 e. The molecule has 258 valence electrons. The van der Waals surface area contributed by atoms with Gasteiger partial charge >= 0.3 is 0 Å². The van der Waals surface area contributed by atoms with E-state index in [1.807, 2.05) is 12.1 Å². The molecule has 2 aromatic heterocycles. The van der Waals surface area contributed by atoms with Gasteiger partial charge in [0.25, 0.3) is 0 Å². The van der Waals surface area contributed by atoms with Crippen LogP contribution in [0, 0.1) is 0 Å². The average molecular weight is 703 g/mol. The number of hydrogen-bond donors (Lipinski definition) is 0. The van der Waals surface area contributed by atoms with Crippen molar-refractivity contribution in [3.05, 3.63) is 206 Å². The predicted molar refractivity (Wildman–Crippen MR) is 231 cm³/mol. The summed E-state index contributed by atoms with van der Waals surface area (Å²) < 4.78 is 8.96. The monoisotopic (exact) mass is 702 g/mol. The van der Waals surface area contributed by atoms with Crippen molar-refractivity contribution in [2.24, 2.45) is 0 Å². The molecule has 0 N–H and O–H groups in total. The van der Waals surface area contributed by atoms with Crippen LogP contribution in [0.3, 0.4) is 0 Å². The summed E-state index contributed by atoms with van der Waals surface area (Å²) >= 11 is 0. The van der Waals surface area contributed by atoms with Gasteiger partial charge in [-0.3, -0.25) is 0 Å². The highest BCUT2D eigenvalue weighted by Gasteiger charge is 2.20. The Labute approximate surface area is 318 Å². The van der Waals surface area contributed by atoms with Crippen molar-refractivity contribution >= 4 is 71.6 Å². The van der Waals surface area contributed by atoms with E-state index >= 15 is 0 Å². The van der Waals surface area contributed by atoms with Crippen LogP contribution in [0.25, 0.3) is 82.5 Å². The summed E-state index contributed by atoms with van der Waals surface area (Å²) in [5.74, 6) is 0. The normalized spacial score (nSPS) is 11.6. The number of benzene rings is 9. The molecule has 0 fully saturated rings. The van der Waals surface area contributed by atoms with E-state index < -0.39 is 0 Å². The lowest BCUT2D eigenvalue weighted by atomic mass is 9.99. The fourth-order valence-electron chi connectivity index (χ4n) is 8.33. The molecule has 0 saturated heterocycles. The number of anilines is 3. The van der Waals surface area contributed by atoms with Crippen molar-refractivity contribution in [1.29, 1.82) is 0 Å². The van der Waals surface area contributed by atoms with E-state index in [0.717, 1.165) is 39.0 Å². The maximum absolute atomic E-state index is 6.59. The summed E-state index contributed by atoms with van der Waals surface area (Å²) in [7, 11) is 0. The topological polar surface area (TPSA) is 21.3 Å². The quantitative estimate of drug-likeness (QED) is 0.172. The van der Waals surface area contributed by atoms with Crippen LogP contribution >= 0.6 is 0 Å². The van der Waals surface area contributed by atoms with Crippen molar-refractivity contribution in [1.82, 2.24) is 4.57 Å². The first-order chi connectivity index (χ1) is 27.3. The van der Waals surface area contributed by atoms with Gasteiger partial charge in [-0.15, -0.1) is 0 Å². The van der Waals surface area contributed by atoms with Crippen LogP contribution in [0.15, 0.2) is 211 Å². The van der Waals surface area contributed by atoms with Crippen LogP contribution in [0.4, 0.5) is 17.1 Å². The second-order valence-electron chi connectivity index (χ2n) is 14.2. The molecular weight excluding hydrogens is 669 g/mol. The van der Waals surface area contributed by atoms with E-state index in [1.54, 1.807) is 0 Å². The molecule has 0 atom stereocenters. The molecule has 3 nitrogen and oxygen atoms in total. The molecular formula is C52H34N2O. The van der Waals surface area contributed by atoms with E-state index in [2.05, 4.69) is 204 Å².